The van der Waals surface area contributed by atoms with Gasteiger partial charge in [0.25, 0.3) is 5.91 Å². The molecule has 2 aromatic heterocycles. The van der Waals surface area contributed by atoms with Gasteiger partial charge in [-0.3, -0.25) is 9.48 Å². The quantitative estimate of drug-likeness (QED) is 0.625. The lowest BCUT2D eigenvalue weighted by molar-refractivity contribution is 0.0958. The van der Waals surface area contributed by atoms with Crippen molar-refractivity contribution in [1.82, 2.24) is 30.5 Å². The molecule has 8 heteroatoms. The molecule has 0 bridgehead atoms. The molecular formula is C21H21FN6O. The van der Waals surface area contributed by atoms with Crippen molar-refractivity contribution in [3.05, 3.63) is 70.6 Å². The number of fused-ring (bicyclic) bond motifs is 1. The van der Waals surface area contributed by atoms with E-state index in [4.69, 9.17) is 0 Å². The Labute approximate surface area is 167 Å². The zero-order chi connectivity index (χ0) is 20.2. The SMILES string of the molecule is CNC(=O)c1cn(CCCCc2cc3c(nn2)CC(c2ccccc2F)=C3)nn1. The average molecular weight is 392 g/mol. The highest BCUT2D eigenvalue weighted by molar-refractivity contribution is 5.91. The molecule has 0 aliphatic heterocycles. The highest BCUT2D eigenvalue weighted by Crippen LogP contribution is 2.31. The molecule has 148 valence electrons. The normalized spacial score (nSPS) is 12.6. The Hall–Kier alpha value is -3.42. The first-order valence-corrected chi connectivity index (χ1v) is 9.57. The van der Waals surface area contributed by atoms with E-state index in [1.807, 2.05) is 18.2 Å². The van der Waals surface area contributed by atoms with E-state index in [-0.39, 0.29) is 11.7 Å². The number of nitrogens with zero attached hydrogens (tertiary/aromatic N) is 5. The molecule has 0 saturated carbocycles. The number of unbranched alkanes of at least 4 members (excludes halogenated alkanes) is 1. The summed E-state index contributed by atoms with van der Waals surface area (Å²) < 4.78 is 15.7. The first kappa shape index (κ1) is 18.9. The van der Waals surface area contributed by atoms with Gasteiger partial charge in [-0.05, 0) is 43.0 Å². The molecule has 7 nitrogen and oxygen atoms in total. The van der Waals surface area contributed by atoms with E-state index >= 15 is 0 Å². The average Bonchev–Trinajstić information content (AvgIpc) is 3.37. The molecule has 0 fully saturated rings. The lowest BCUT2D eigenvalue weighted by Crippen LogP contribution is -2.18. The van der Waals surface area contributed by atoms with Crippen LogP contribution in [0.5, 0.6) is 0 Å². The van der Waals surface area contributed by atoms with Crippen molar-refractivity contribution in [2.45, 2.75) is 32.2 Å². The molecule has 1 aliphatic rings. The Bertz CT molecular complexity index is 1070. The maximum absolute atomic E-state index is 14.0. The Morgan fingerprint density at radius 1 is 1.21 bits per heavy atom. The number of amides is 1. The number of halogens is 1. The highest BCUT2D eigenvalue weighted by atomic mass is 19.1. The van der Waals surface area contributed by atoms with Crippen LogP contribution in [0.1, 0.15) is 45.8 Å². The monoisotopic (exact) mass is 392 g/mol. The summed E-state index contributed by atoms with van der Waals surface area (Å²) in [6.45, 7) is 0.680. The minimum atomic E-state index is -0.243. The third-order valence-corrected chi connectivity index (χ3v) is 4.93. The van der Waals surface area contributed by atoms with E-state index in [9.17, 15) is 9.18 Å². The zero-order valence-electron chi connectivity index (χ0n) is 16.1. The summed E-state index contributed by atoms with van der Waals surface area (Å²) in [6, 6.07) is 8.84. The Kier molecular flexibility index (Phi) is 5.41. The predicted molar refractivity (Wildman–Crippen MR) is 106 cm³/mol. The van der Waals surface area contributed by atoms with Crippen molar-refractivity contribution in [1.29, 1.82) is 0 Å². The van der Waals surface area contributed by atoms with E-state index < -0.39 is 0 Å². The summed E-state index contributed by atoms with van der Waals surface area (Å²) in [4.78, 5) is 11.5. The van der Waals surface area contributed by atoms with Crippen LogP contribution >= 0.6 is 0 Å². The summed E-state index contributed by atoms with van der Waals surface area (Å²) in [7, 11) is 1.56. The van der Waals surface area contributed by atoms with Crippen LogP contribution in [-0.2, 0) is 19.4 Å². The molecule has 0 atom stereocenters. The van der Waals surface area contributed by atoms with E-state index in [1.54, 1.807) is 30.1 Å². The van der Waals surface area contributed by atoms with Crippen LogP contribution in [0.15, 0.2) is 36.5 Å². The standard InChI is InChI=1S/C21H21FN6O/c1-23-21(29)20-13-28(27-26-20)9-5-4-6-16-11-15-10-14(12-19(15)25-24-16)17-7-2-3-8-18(17)22/h2-3,7-8,10-11,13H,4-6,9,12H2,1H3,(H,23,29). The first-order chi connectivity index (χ1) is 14.1. The molecule has 0 radical (unpaired) electrons. The maximum atomic E-state index is 14.0. The number of hydrogen-bond donors (Lipinski definition) is 1. The topological polar surface area (TPSA) is 85.6 Å². The smallest absolute Gasteiger partial charge is 0.273 e. The minimum Gasteiger partial charge on any atom is -0.354 e. The molecule has 1 aliphatic carbocycles. The van der Waals surface area contributed by atoms with Gasteiger partial charge in [-0.15, -0.1) is 5.10 Å². The second-order valence-corrected chi connectivity index (χ2v) is 6.97. The van der Waals surface area contributed by atoms with Crippen LogP contribution in [0, 0.1) is 5.82 Å². The molecule has 3 aromatic rings. The van der Waals surface area contributed by atoms with Gasteiger partial charge in [0, 0.05) is 31.1 Å². The number of rotatable bonds is 7. The molecule has 0 spiro atoms. The van der Waals surface area contributed by atoms with Crippen LogP contribution in [0.2, 0.25) is 0 Å². The highest BCUT2D eigenvalue weighted by Gasteiger charge is 2.18. The zero-order valence-corrected chi connectivity index (χ0v) is 16.1. The van der Waals surface area contributed by atoms with Gasteiger partial charge in [0.2, 0.25) is 0 Å². The van der Waals surface area contributed by atoms with E-state index in [2.05, 4.69) is 25.8 Å². The van der Waals surface area contributed by atoms with Crippen molar-refractivity contribution in [3.63, 3.8) is 0 Å². The van der Waals surface area contributed by atoms with E-state index in [0.717, 1.165) is 41.8 Å². The van der Waals surface area contributed by atoms with Gasteiger partial charge in [-0.1, -0.05) is 23.4 Å². The molecule has 4 rings (SSSR count). The number of aryl methyl sites for hydroxylation is 2. The fourth-order valence-corrected chi connectivity index (χ4v) is 3.39. The van der Waals surface area contributed by atoms with Crippen LogP contribution in [0.4, 0.5) is 4.39 Å². The molecule has 0 unspecified atom stereocenters. The maximum Gasteiger partial charge on any atom is 0.273 e. The van der Waals surface area contributed by atoms with Crippen molar-refractivity contribution < 1.29 is 9.18 Å². The summed E-state index contributed by atoms with van der Waals surface area (Å²) in [6.07, 6.45) is 6.83. The van der Waals surface area contributed by atoms with Gasteiger partial charge < -0.3 is 5.32 Å². The fourth-order valence-electron chi connectivity index (χ4n) is 3.39. The number of carbonyl (C=O) groups excluding carboxylic acids is 1. The molecule has 1 amide bonds. The summed E-state index contributed by atoms with van der Waals surface area (Å²) >= 11 is 0. The molecular weight excluding hydrogens is 371 g/mol. The van der Waals surface area contributed by atoms with Crippen molar-refractivity contribution in [3.8, 4) is 0 Å². The summed E-state index contributed by atoms with van der Waals surface area (Å²) in [5, 5.41) is 19.0. The van der Waals surface area contributed by atoms with Gasteiger partial charge in [0.1, 0.15) is 5.82 Å². The Morgan fingerprint density at radius 3 is 2.90 bits per heavy atom. The summed E-state index contributed by atoms with van der Waals surface area (Å²) in [5.41, 5.74) is 4.68. The lowest BCUT2D eigenvalue weighted by Gasteiger charge is -2.03. The second-order valence-electron chi connectivity index (χ2n) is 6.97. The Morgan fingerprint density at radius 2 is 2.07 bits per heavy atom. The predicted octanol–water partition coefficient (Wildman–Crippen LogP) is 2.69. The second kappa shape index (κ2) is 8.30. The molecule has 0 saturated heterocycles. The number of allylic oxidation sites excluding steroid dienone is 1. The van der Waals surface area contributed by atoms with Crippen LogP contribution < -0.4 is 5.32 Å². The lowest BCUT2D eigenvalue weighted by atomic mass is 10.0. The van der Waals surface area contributed by atoms with Gasteiger partial charge in [0.15, 0.2) is 5.69 Å². The third-order valence-electron chi connectivity index (χ3n) is 4.93. The molecule has 2 heterocycles. The molecule has 1 N–H and O–H groups in total. The van der Waals surface area contributed by atoms with Crippen LogP contribution in [-0.4, -0.2) is 38.1 Å². The summed E-state index contributed by atoms with van der Waals surface area (Å²) in [5.74, 6) is -0.458. The largest absolute Gasteiger partial charge is 0.354 e. The number of carbonyl (C=O) groups is 1. The number of aromatic nitrogens is 5. The third kappa shape index (κ3) is 4.21. The van der Waals surface area contributed by atoms with Gasteiger partial charge >= 0.3 is 0 Å². The first-order valence-electron chi connectivity index (χ1n) is 9.57. The number of nitrogens with one attached hydrogen (secondary N) is 1. The minimum absolute atomic E-state index is 0.215. The van der Waals surface area contributed by atoms with Crippen LogP contribution in [0.25, 0.3) is 11.6 Å². The molecule has 29 heavy (non-hydrogen) atoms. The Balaban J connectivity index is 1.33. The van der Waals surface area contributed by atoms with Crippen molar-refractivity contribution in [2.75, 3.05) is 7.05 Å². The van der Waals surface area contributed by atoms with Crippen molar-refractivity contribution >= 4 is 17.6 Å². The van der Waals surface area contributed by atoms with Gasteiger partial charge in [0.05, 0.1) is 17.6 Å². The van der Waals surface area contributed by atoms with Crippen LogP contribution in [0.3, 0.4) is 0 Å². The van der Waals surface area contributed by atoms with E-state index in [1.165, 1.54) is 6.07 Å². The number of hydrogen-bond acceptors (Lipinski definition) is 5. The van der Waals surface area contributed by atoms with Crippen molar-refractivity contribution in [2.24, 2.45) is 0 Å². The molecule has 1 aromatic carbocycles. The van der Waals surface area contributed by atoms with Gasteiger partial charge in [-0.25, -0.2) is 4.39 Å². The van der Waals surface area contributed by atoms with Gasteiger partial charge in [-0.2, -0.15) is 10.2 Å². The number of benzene rings is 1. The fraction of sp³-hybridized carbons (Fsp3) is 0.286. The van der Waals surface area contributed by atoms with E-state index in [0.29, 0.717) is 24.2 Å².